The molecule has 0 aromatic heterocycles. The third-order valence-electron chi connectivity index (χ3n) is 1.45. The van der Waals surface area contributed by atoms with Crippen LogP contribution < -0.4 is 5.73 Å². The molecule has 0 fully saturated rings. The molecule has 1 atom stereocenters. The van der Waals surface area contributed by atoms with Crippen molar-refractivity contribution in [2.24, 2.45) is 5.73 Å². The smallest absolute Gasteiger partial charge is 0.124 e. The Labute approximate surface area is 78.9 Å². The average Bonchev–Trinajstić information content (AvgIpc) is 1.85. The summed E-state index contributed by atoms with van der Waals surface area (Å²) in [6.45, 7) is 1.88. The van der Waals surface area contributed by atoms with Gasteiger partial charge in [-0.25, -0.2) is 4.39 Å². The van der Waals surface area contributed by atoms with Crippen LogP contribution in [-0.4, -0.2) is 0 Å². The minimum Gasteiger partial charge on any atom is -0.324 e. The quantitative estimate of drug-likeness (QED) is 0.775. The predicted octanol–water partition coefficient (Wildman–Crippen LogP) is 2.45. The Morgan fingerprint density at radius 3 is 2.64 bits per heavy atom. The minimum absolute atomic E-state index is 0.0255. The molecule has 1 aromatic rings. The molecule has 0 saturated carbocycles. The van der Waals surface area contributed by atoms with E-state index in [1.54, 1.807) is 6.07 Å². The van der Waals surface area contributed by atoms with Gasteiger partial charge in [-0.15, -0.1) is 0 Å². The SMILES string of the molecule is CC(N)c1ccc(F)cc1I. The lowest BCUT2D eigenvalue weighted by molar-refractivity contribution is 0.624. The van der Waals surface area contributed by atoms with Crippen LogP contribution in [0.1, 0.15) is 18.5 Å². The van der Waals surface area contributed by atoms with Gasteiger partial charge in [-0.05, 0) is 47.2 Å². The zero-order valence-electron chi connectivity index (χ0n) is 6.14. The van der Waals surface area contributed by atoms with Crippen LogP contribution in [0.5, 0.6) is 0 Å². The number of hydrogen-bond donors (Lipinski definition) is 1. The average molecular weight is 265 g/mol. The van der Waals surface area contributed by atoms with Crippen LogP contribution in [0, 0.1) is 9.39 Å². The zero-order chi connectivity index (χ0) is 8.43. The van der Waals surface area contributed by atoms with Crippen molar-refractivity contribution in [1.82, 2.24) is 0 Å². The van der Waals surface area contributed by atoms with E-state index < -0.39 is 0 Å². The Bertz CT molecular complexity index is 260. The maximum Gasteiger partial charge on any atom is 0.124 e. The molecule has 0 bridgehead atoms. The molecule has 0 radical (unpaired) electrons. The van der Waals surface area contributed by atoms with Crippen molar-refractivity contribution in [3.05, 3.63) is 33.1 Å². The van der Waals surface area contributed by atoms with Crippen molar-refractivity contribution in [3.63, 3.8) is 0 Å². The van der Waals surface area contributed by atoms with Crippen molar-refractivity contribution in [3.8, 4) is 0 Å². The van der Waals surface area contributed by atoms with E-state index in [0.29, 0.717) is 0 Å². The topological polar surface area (TPSA) is 26.0 Å². The van der Waals surface area contributed by atoms with Gasteiger partial charge in [-0.2, -0.15) is 0 Å². The van der Waals surface area contributed by atoms with Gasteiger partial charge in [0.1, 0.15) is 5.82 Å². The molecule has 0 aliphatic heterocycles. The molecule has 2 N–H and O–H groups in total. The fraction of sp³-hybridized carbons (Fsp3) is 0.250. The monoisotopic (exact) mass is 265 g/mol. The number of halogens is 2. The Morgan fingerprint density at radius 2 is 2.18 bits per heavy atom. The molecular formula is C8H9FIN. The zero-order valence-corrected chi connectivity index (χ0v) is 8.30. The van der Waals surface area contributed by atoms with Gasteiger partial charge in [-0.3, -0.25) is 0 Å². The molecule has 1 unspecified atom stereocenters. The lowest BCUT2D eigenvalue weighted by Crippen LogP contribution is -2.06. The van der Waals surface area contributed by atoms with Crippen molar-refractivity contribution >= 4 is 22.6 Å². The van der Waals surface area contributed by atoms with Crippen LogP contribution in [0.4, 0.5) is 4.39 Å². The first-order valence-corrected chi connectivity index (χ1v) is 4.39. The van der Waals surface area contributed by atoms with Crippen molar-refractivity contribution in [2.45, 2.75) is 13.0 Å². The van der Waals surface area contributed by atoms with E-state index in [9.17, 15) is 4.39 Å². The normalized spacial score (nSPS) is 13.1. The highest BCUT2D eigenvalue weighted by atomic mass is 127. The van der Waals surface area contributed by atoms with E-state index in [1.165, 1.54) is 12.1 Å². The molecule has 1 aromatic carbocycles. The Balaban J connectivity index is 3.09. The van der Waals surface area contributed by atoms with Gasteiger partial charge in [0, 0.05) is 9.61 Å². The molecular weight excluding hydrogens is 256 g/mol. The first kappa shape index (κ1) is 8.93. The number of nitrogens with two attached hydrogens (primary N) is 1. The summed E-state index contributed by atoms with van der Waals surface area (Å²) in [4.78, 5) is 0. The summed E-state index contributed by atoms with van der Waals surface area (Å²) in [5.74, 6) is -0.209. The van der Waals surface area contributed by atoms with Crippen LogP contribution in [0.3, 0.4) is 0 Å². The van der Waals surface area contributed by atoms with E-state index in [2.05, 4.69) is 22.6 Å². The highest BCUT2D eigenvalue weighted by Gasteiger charge is 2.04. The molecule has 0 aliphatic rings. The summed E-state index contributed by atoms with van der Waals surface area (Å²) in [5.41, 5.74) is 6.63. The minimum atomic E-state index is -0.209. The summed E-state index contributed by atoms with van der Waals surface area (Å²) < 4.78 is 13.5. The largest absolute Gasteiger partial charge is 0.324 e. The van der Waals surface area contributed by atoms with E-state index >= 15 is 0 Å². The number of benzene rings is 1. The number of hydrogen-bond acceptors (Lipinski definition) is 1. The molecule has 3 heteroatoms. The fourth-order valence-electron chi connectivity index (χ4n) is 0.871. The Kier molecular flexibility index (Phi) is 2.84. The maximum atomic E-state index is 12.6. The first-order chi connectivity index (χ1) is 5.11. The summed E-state index contributed by atoms with van der Waals surface area (Å²) >= 11 is 2.08. The molecule has 60 valence electrons. The molecule has 1 rings (SSSR count). The van der Waals surface area contributed by atoms with Gasteiger partial charge < -0.3 is 5.73 Å². The highest BCUT2D eigenvalue weighted by molar-refractivity contribution is 14.1. The van der Waals surface area contributed by atoms with Crippen molar-refractivity contribution in [2.75, 3.05) is 0 Å². The Morgan fingerprint density at radius 1 is 1.55 bits per heavy atom. The maximum absolute atomic E-state index is 12.6. The van der Waals surface area contributed by atoms with Crippen molar-refractivity contribution < 1.29 is 4.39 Å². The van der Waals surface area contributed by atoms with E-state index in [-0.39, 0.29) is 11.9 Å². The van der Waals surface area contributed by atoms with Gasteiger partial charge >= 0.3 is 0 Å². The van der Waals surface area contributed by atoms with E-state index in [0.717, 1.165) is 9.13 Å². The summed E-state index contributed by atoms with van der Waals surface area (Å²) in [6.07, 6.45) is 0. The molecule has 0 saturated heterocycles. The summed E-state index contributed by atoms with van der Waals surface area (Å²) in [6, 6.07) is 4.62. The standard InChI is InChI=1S/C8H9FIN/c1-5(11)7-3-2-6(9)4-8(7)10/h2-5H,11H2,1H3. The molecule has 1 nitrogen and oxygen atoms in total. The third-order valence-corrected chi connectivity index (χ3v) is 2.39. The second-order valence-corrected chi connectivity index (χ2v) is 3.62. The van der Waals surface area contributed by atoms with Crippen molar-refractivity contribution in [1.29, 1.82) is 0 Å². The predicted molar refractivity (Wildman–Crippen MR) is 51.7 cm³/mol. The lowest BCUT2D eigenvalue weighted by Gasteiger charge is -2.07. The fourth-order valence-corrected chi connectivity index (χ4v) is 1.84. The molecule has 0 heterocycles. The summed E-state index contributed by atoms with van der Waals surface area (Å²) in [7, 11) is 0. The van der Waals surface area contributed by atoms with Crippen LogP contribution in [-0.2, 0) is 0 Å². The second-order valence-electron chi connectivity index (χ2n) is 2.45. The first-order valence-electron chi connectivity index (χ1n) is 3.32. The van der Waals surface area contributed by atoms with E-state index in [1.807, 2.05) is 6.92 Å². The lowest BCUT2D eigenvalue weighted by atomic mass is 10.1. The van der Waals surface area contributed by atoms with E-state index in [4.69, 9.17) is 5.73 Å². The van der Waals surface area contributed by atoms with Gasteiger partial charge in [0.05, 0.1) is 0 Å². The van der Waals surface area contributed by atoms with Crippen LogP contribution in [0.2, 0.25) is 0 Å². The molecule has 0 spiro atoms. The molecule has 11 heavy (non-hydrogen) atoms. The van der Waals surface area contributed by atoms with Gasteiger partial charge in [-0.1, -0.05) is 6.07 Å². The second kappa shape index (κ2) is 3.49. The van der Waals surface area contributed by atoms with Crippen LogP contribution in [0.15, 0.2) is 18.2 Å². The molecule has 0 aliphatic carbocycles. The molecule has 0 amide bonds. The van der Waals surface area contributed by atoms with Crippen LogP contribution >= 0.6 is 22.6 Å². The highest BCUT2D eigenvalue weighted by Crippen LogP contribution is 2.18. The summed E-state index contributed by atoms with van der Waals surface area (Å²) in [5, 5.41) is 0. The Hall–Kier alpha value is -0.160. The third kappa shape index (κ3) is 2.13. The van der Waals surface area contributed by atoms with Crippen LogP contribution in [0.25, 0.3) is 0 Å². The van der Waals surface area contributed by atoms with Gasteiger partial charge in [0.2, 0.25) is 0 Å². The van der Waals surface area contributed by atoms with Gasteiger partial charge in [0.15, 0.2) is 0 Å². The number of rotatable bonds is 1. The van der Waals surface area contributed by atoms with Gasteiger partial charge in [0.25, 0.3) is 0 Å².